The predicted octanol–water partition coefficient (Wildman–Crippen LogP) is 6.82. The molecule has 0 spiro atoms. The maximum Gasteiger partial charge on any atom is 0.306 e. The largest absolute Gasteiger partial charge is 0.462 e. The number of aliphatic hydroxyl groups excluding tert-OH is 7. The Morgan fingerprint density at radius 2 is 0.797 bits per heavy atom. The summed E-state index contributed by atoms with van der Waals surface area (Å²) >= 11 is 0. The van der Waals surface area contributed by atoms with Gasteiger partial charge in [0.1, 0.15) is 55.4 Å². The second-order valence-electron chi connectivity index (χ2n) is 18.4. The average Bonchev–Trinajstić information content (AvgIpc) is 3.29. The maximum atomic E-state index is 13.0. The van der Waals surface area contributed by atoms with Gasteiger partial charge in [0.2, 0.25) is 0 Å². The SMILES string of the molecule is CCCCCCCCCCCCCCCCCCCC(=O)OC(COC(=O)CCCCCCCCCCCCC)COC1OC(COC2OC(CO)C(O)C(O)C2O)C(O)C(O)C1O. The normalized spacial score (nSPS) is 26.5. The molecule has 15 nitrogen and oxygen atoms in total. The van der Waals surface area contributed by atoms with E-state index in [-0.39, 0.29) is 26.1 Å². The number of rotatable bonds is 40. The zero-order valence-electron chi connectivity index (χ0n) is 39.8. The minimum Gasteiger partial charge on any atom is -0.462 e. The van der Waals surface area contributed by atoms with Crippen LogP contribution in [0.1, 0.15) is 206 Å². The summed E-state index contributed by atoms with van der Waals surface area (Å²) in [5.74, 6) is -0.912. The summed E-state index contributed by atoms with van der Waals surface area (Å²) in [6, 6.07) is 0. The molecule has 378 valence electrons. The number of esters is 2. The molecule has 0 amide bonds. The summed E-state index contributed by atoms with van der Waals surface area (Å²) in [6.45, 7) is 2.61. The van der Waals surface area contributed by atoms with Gasteiger partial charge in [-0.25, -0.2) is 0 Å². The third-order valence-electron chi connectivity index (χ3n) is 12.6. The van der Waals surface area contributed by atoms with Crippen LogP contribution in [0.2, 0.25) is 0 Å². The minimum absolute atomic E-state index is 0.173. The van der Waals surface area contributed by atoms with E-state index in [4.69, 9.17) is 28.4 Å². The highest BCUT2D eigenvalue weighted by atomic mass is 16.7. The first-order chi connectivity index (χ1) is 31.0. The van der Waals surface area contributed by atoms with E-state index in [1.54, 1.807) is 0 Å². The summed E-state index contributed by atoms with van der Waals surface area (Å²) < 4.78 is 33.6. The lowest BCUT2D eigenvalue weighted by Crippen LogP contribution is -2.61. The molecule has 0 aromatic carbocycles. The monoisotopic (exact) mass is 921 g/mol. The highest BCUT2D eigenvalue weighted by Gasteiger charge is 2.47. The van der Waals surface area contributed by atoms with Crippen LogP contribution in [0.25, 0.3) is 0 Å². The van der Waals surface area contributed by atoms with Crippen LogP contribution in [0.4, 0.5) is 0 Å². The van der Waals surface area contributed by atoms with Gasteiger partial charge >= 0.3 is 11.9 Å². The molecule has 64 heavy (non-hydrogen) atoms. The van der Waals surface area contributed by atoms with Crippen molar-refractivity contribution in [2.45, 2.75) is 274 Å². The molecule has 0 aromatic rings. The Morgan fingerprint density at radius 1 is 0.438 bits per heavy atom. The van der Waals surface area contributed by atoms with Gasteiger partial charge in [-0.05, 0) is 12.8 Å². The van der Waals surface area contributed by atoms with E-state index in [2.05, 4.69) is 13.8 Å². The van der Waals surface area contributed by atoms with E-state index < -0.39 is 92.7 Å². The van der Waals surface area contributed by atoms with Crippen LogP contribution in [0.3, 0.4) is 0 Å². The number of carbonyl (C=O) groups is 2. The van der Waals surface area contributed by atoms with Crippen molar-refractivity contribution in [1.29, 1.82) is 0 Å². The number of hydrogen-bond acceptors (Lipinski definition) is 15. The molecule has 11 unspecified atom stereocenters. The molecule has 0 radical (unpaired) electrons. The number of aliphatic hydroxyl groups is 7. The Morgan fingerprint density at radius 3 is 1.22 bits per heavy atom. The van der Waals surface area contributed by atoms with Gasteiger partial charge in [-0.15, -0.1) is 0 Å². The van der Waals surface area contributed by atoms with Crippen molar-refractivity contribution in [3.63, 3.8) is 0 Å². The molecule has 11 atom stereocenters. The number of unbranched alkanes of at least 4 members (excludes halogenated alkanes) is 26. The van der Waals surface area contributed by atoms with Gasteiger partial charge in [-0.2, -0.15) is 0 Å². The van der Waals surface area contributed by atoms with Gasteiger partial charge in [0.25, 0.3) is 0 Å². The molecule has 2 aliphatic heterocycles. The van der Waals surface area contributed by atoms with Gasteiger partial charge in [0.05, 0.1) is 19.8 Å². The van der Waals surface area contributed by atoms with E-state index in [0.29, 0.717) is 12.8 Å². The molecule has 0 aromatic heterocycles. The van der Waals surface area contributed by atoms with E-state index in [0.717, 1.165) is 38.5 Å². The van der Waals surface area contributed by atoms with Gasteiger partial charge < -0.3 is 64.2 Å². The van der Waals surface area contributed by atoms with Gasteiger partial charge in [-0.3, -0.25) is 9.59 Å². The van der Waals surface area contributed by atoms with Crippen LogP contribution in [-0.4, -0.2) is 142 Å². The number of hydrogen-bond donors (Lipinski definition) is 7. The van der Waals surface area contributed by atoms with Gasteiger partial charge in [0.15, 0.2) is 18.7 Å². The van der Waals surface area contributed by atoms with Crippen molar-refractivity contribution in [3.8, 4) is 0 Å². The summed E-state index contributed by atoms with van der Waals surface area (Å²) in [5, 5.41) is 72.0. The van der Waals surface area contributed by atoms with Crippen LogP contribution in [0, 0.1) is 0 Å². The van der Waals surface area contributed by atoms with Crippen molar-refractivity contribution < 1.29 is 73.8 Å². The Labute approximate surface area is 385 Å². The van der Waals surface area contributed by atoms with Crippen molar-refractivity contribution in [2.24, 2.45) is 0 Å². The van der Waals surface area contributed by atoms with Crippen molar-refractivity contribution >= 4 is 11.9 Å². The van der Waals surface area contributed by atoms with Crippen molar-refractivity contribution in [2.75, 3.05) is 26.4 Å². The van der Waals surface area contributed by atoms with E-state index >= 15 is 0 Å². The quantitative estimate of drug-likeness (QED) is 0.0247. The lowest BCUT2D eigenvalue weighted by molar-refractivity contribution is -0.332. The Bertz CT molecular complexity index is 1130. The third-order valence-corrected chi connectivity index (χ3v) is 12.6. The second-order valence-corrected chi connectivity index (χ2v) is 18.4. The van der Waals surface area contributed by atoms with E-state index in [1.807, 2.05) is 0 Å². The predicted molar refractivity (Wildman–Crippen MR) is 243 cm³/mol. The lowest BCUT2D eigenvalue weighted by Gasteiger charge is -2.42. The van der Waals surface area contributed by atoms with E-state index in [9.17, 15) is 45.3 Å². The number of ether oxygens (including phenoxy) is 6. The summed E-state index contributed by atoms with van der Waals surface area (Å²) in [4.78, 5) is 25.7. The molecule has 2 saturated heterocycles. The Hall–Kier alpha value is -1.50. The minimum atomic E-state index is -1.76. The molecule has 2 fully saturated rings. The molecule has 15 heteroatoms. The highest BCUT2D eigenvalue weighted by molar-refractivity contribution is 5.70. The molecule has 0 saturated carbocycles. The zero-order chi connectivity index (χ0) is 46.8. The topological polar surface area (TPSA) is 231 Å². The molecule has 0 aliphatic carbocycles. The van der Waals surface area contributed by atoms with Gasteiger partial charge in [0, 0.05) is 12.8 Å². The first kappa shape index (κ1) is 58.6. The third kappa shape index (κ3) is 25.6. The summed E-state index contributed by atoms with van der Waals surface area (Å²) in [6.07, 6.45) is 17.1. The van der Waals surface area contributed by atoms with Crippen LogP contribution < -0.4 is 0 Å². The van der Waals surface area contributed by atoms with Crippen LogP contribution >= 0.6 is 0 Å². The maximum absolute atomic E-state index is 13.0. The molecule has 2 rings (SSSR count). The van der Waals surface area contributed by atoms with Crippen LogP contribution in [0.5, 0.6) is 0 Å². The standard InChI is InChI=1S/C49H92O15/c1-3-5-7-9-11-13-15-16-17-18-19-20-22-24-26-28-30-32-41(52)62-37(34-59-40(51)31-29-27-25-23-21-14-12-10-8-6-4-2)35-60-48-47(58)45(56)43(54)39(64-48)36-61-49-46(57)44(55)42(53)38(33-50)63-49/h37-39,42-50,53-58H,3-36H2,1-2H3. The zero-order valence-corrected chi connectivity index (χ0v) is 39.8. The molecular formula is C49H92O15. The Kier molecular flexibility index (Phi) is 34.3. The summed E-state index contributed by atoms with van der Waals surface area (Å²) in [7, 11) is 0. The van der Waals surface area contributed by atoms with Crippen LogP contribution in [0.15, 0.2) is 0 Å². The smallest absolute Gasteiger partial charge is 0.306 e. The summed E-state index contributed by atoms with van der Waals surface area (Å²) in [5.41, 5.74) is 0. The fourth-order valence-electron chi connectivity index (χ4n) is 8.34. The lowest BCUT2D eigenvalue weighted by atomic mass is 9.98. The average molecular weight is 921 g/mol. The molecular weight excluding hydrogens is 829 g/mol. The molecule has 0 bridgehead atoms. The molecule has 2 heterocycles. The van der Waals surface area contributed by atoms with Crippen LogP contribution in [-0.2, 0) is 38.0 Å². The Balaban J connectivity index is 1.80. The molecule has 2 aliphatic rings. The van der Waals surface area contributed by atoms with Gasteiger partial charge in [-0.1, -0.05) is 181 Å². The van der Waals surface area contributed by atoms with E-state index in [1.165, 1.54) is 128 Å². The number of carbonyl (C=O) groups excluding carboxylic acids is 2. The fourth-order valence-corrected chi connectivity index (χ4v) is 8.34. The molecule has 7 N–H and O–H groups in total. The highest BCUT2D eigenvalue weighted by Crippen LogP contribution is 2.26. The second kappa shape index (κ2) is 37.5. The van der Waals surface area contributed by atoms with Crippen molar-refractivity contribution in [1.82, 2.24) is 0 Å². The van der Waals surface area contributed by atoms with Crippen molar-refractivity contribution in [3.05, 3.63) is 0 Å². The first-order valence-corrected chi connectivity index (χ1v) is 25.6. The fraction of sp³-hybridized carbons (Fsp3) is 0.959. The first-order valence-electron chi connectivity index (χ1n) is 25.6.